The highest BCUT2D eigenvalue weighted by Gasteiger charge is 2.00. The second kappa shape index (κ2) is 7.10. The predicted molar refractivity (Wildman–Crippen MR) is 72.9 cm³/mol. The number of rotatable bonds is 5. The molecule has 104 valence electrons. The number of halogens is 1. The van der Waals surface area contributed by atoms with Gasteiger partial charge in [0.1, 0.15) is 5.82 Å². The van der Waals surface area contributed by atoms with Crippen molar-refractivity contribution >= 4 is 11.7 Å². The minimum absolute atomic E-state index is 0.269. The van der Waals surface area contributed by atoms with Crippen molar-refractivity contribution in [2.45, 2.75) is 6.61 Å². The smallest absolute Gasteiger partial charge is 0.297 e. The van der Waals surface area contributed by atoms with Crippen molar-refractivity contribution < 1.29 is 14.0 Å². The molecule has 2 rings (SSSR count). The van der Waals surface area contributed by atoms with Crippen LogP contribution in [-0.4, -0.2) is 6.03 Å². The zero-order valence-corrected chi connectivity index (χ0v) is 10.6. The molecule has 0 aromatic heterocycles. The first-order valence-electron chi connectivity index (χ1n) is 5.97. The van der Waals surface area contributed by atoms with Crippen molar-refractivity contribution in [1.29, 1.82) is 0 Å². The van der Waals surface area contributed by atoms with Crippen LogP contribution in [0.4, 0.5) is 14.9 Å². The third-order valence-electron chi connectivity index (χ3n) is 2.41. The van der Waals surface area contributed by atoms with Crippen LogP contribution in [-0.2, 0) is 11.4 Å². The molecular formula is C14H14FN3O2. The van der Waals surface area contributed by atoms with Crippen LogP contribution >= 0.6 is 0 Å². The Kier molecular flexibility index (Phi) is 4.91. The van der Waals surface area contributed by atoms with Crippen LogP contribution in [0.3, 0.4) is 0 Å². The number of hydrazine groups is 1. The molecule has 5 nitrogen and oxygen atoms in total. The maximum Gasteiger partial charge on any atom is 0.357 e. The fraction of sp³-hybridized carbons (Fsp3) is 0.0714. The van der Waals surface area contributed by atoms with Crippen molar-refractivity contribution in [3.63, 3.8) is 0 Å². The first-order chi connectivity index (χ1) is 9.74. The van der Waals surface area contributed by atoms with Gasteiger partial charge in [0, 0.05) is 0 Å². The lowest BCUT2D eigenvalue weighted by atomic mass is 10.2. The Morgan fingerprint density at radius 3 is 2.45 bits per heavy atom. The normalized spacial score (nSPS) is 9.85. The lowest BCUT2D eigenvalue weighted by molar-refractivity contribution is 0.0497. The lowest BCUT2D eigenvalue weighted by Crippen LogP contribution is -2.38. The molecule has 2 aromatic rings. The molecule has 0 heterocycles. The molecule has 0 aliphatic rings. The predicted octanol–water partition coefficient (Wildman–Crippen LogP) is 2.58. The van der Waals surface area contributed by atoms with E-state index in [9.17, 15) is 9.18 Å². The topological polar surface area (TPSA) is 62.4 Å². The van der Waals surface area contributed by atoms with Gasteiger partial charge in [0.05, 0.1) is 12.3 Å². The van der Waals surface area contributed by atoms with Crippen molar-refractivity contribution in [2.24, 2.45) is 0 Å². The molecule has 3 N–H and O–H groups in total. The maximum atomic E-state index is 12.7. The molecule has 0 saturated heterocycles. The Balaban J connectivity index is 1.67. The summed E-state index contributed by atoms with van der Waals surface area (Å²) in [7, 11) is 0. The summed E-state index contributed by atoms with van der Waals surface area (Å²) in [5.41, 5.74) is 8.70. The van der Waals surface area contributed by atoms with E-state index >= 15 is 0 Å². The highest BCUT2D eigenvalue weighted by Crippen LogP contribution is 2.06. The SMILES string of the molecule is O=C(NNc1ccc(F)cc1)NOCc1ccccc1. The third kappa shape index (κ3) is 4.58. The average molecular weight is 275 g/mol. The molecule has 2 aromatic carbocycles. The molecule has 0 unspecified atom stereocenters. The summed E-state index contributed by atoms with van der Waals surface area (Å²) in [6.45, 7) is 0.269. The van der Waals surface area contributed by atoms with Gasteiger partial charge < -0.3 is 0 Å². The number of carbonyl (C=O) groups is 1. The molecule has 0 fully saturated rings. The van der Waals surface area contributed by atoms with Gasteiger partial charge in [0.2, 0.25) is 0 Å². The van der Waals surface area contributed by atoms with Crippen molar-refractivity contribution in [2.75, 3.05) is 5.43 Å². The van der Waals surface area contributed by atoms with Crippen LogP contribution in [0, 0.1) is 5.82 Å². The minimum Gasteiger partial charge on any atom is -0.297 e. The summed E-state index contributed by atoms with van der Waals surface area (Å²) in [6.07, 6.45) is 0. The number of carbonyl (C=O) groups excluding carboxylic acids is 1. The van der Waals surface area contributed by atoms with Crippen LogP contribution in [0.15, 0.2) is 54.6 Å². The van der Waals surface area contributed by atoms with Crippen molar-refractivity contribution in [1.82, 2.24) is 10.9 Å². The van der Waals surface area contributed by atoms with Crippen LogP contribution in [0.2, 0.25) is 0 Å². The second-order valence-electron chi connectivity index (χ2n) is 3.96. The van der Waals surface area contributed by atoms with Gasteiger partial charge in [0.25, 0.3) is 0 Å². The molecule has 20 heavy (non-hydrogen) atoms. The number of nitrogens with one attached hydrogen (secondary N) is 3. The van der Waals surface area contributed by atoms with Crippen molar-refractivity contribution in [3.05, 3.63) is 66.0 Å². The summed E-state index contributed by atoms with van der Waals surface area (Å²) in [4.78, 5) is 16.4. The molecule has 6 heteroatoms. The van der Waals surface area contributed by atoms with E-state index in [1.165, 1.54) is 24.3 Å². The summed E-state index contributed by atoms with van der Waals surface area (Å²) in [5, 5.41) is 0. The molecule has 2 amide bonds. The summed E-state index contributed by atoms with van der Waals surface area (Å²) >= 11 is 0. The highest BCUT2D eigenvalue weighted by atomic mass is 19.1. The number of hydroxylamine groups is 1. The minimum atomic E-state index is -0.551. The van der Waals surface area contributed by atoms with Gasteiger partial charge in [-0.1, -0.05) is 30.3 Å². The van der Waals surface area contributed by atoms with E-state index in [1.54, 1.807) is 0 Å². The van der Waals surface area contributed by atoms with Crippen molar-refractivity contribution in [3.8, 4) is 0 Å². The molecule has 0 spiro atoms. The van der Waals surface area contributed by atoms with Crippen LogP contribution < -0.4 is 16.3 Å². The molecule has 0 radical (unpaired) electrons. The fourth-order valence-corrected chi connectivity index (χ4v) is 1.45. The van der Waals surface area contributed by atoms with E-state index in [0.717, 1.165) is 5.56 Å². The van der Waals surface area contributed by atoms with E-state index in [0.29, 0.717) is 5.69 Å². The number of hydrogen-bond acceptors (Lipinski definition) is 3. The number of benzene rings is 2. The number of anilines is 1. The zero-order chi connectivity index (χ0) is 14.2. The fourth-order valence-electron chi connectivity index (χ4n) is 1.45. The van der Waals surface area contributed by atoms with Crippen LogP contribution in [0.1, 0.15) is 5.56 Å². The monoisotopic (exact) mass is 275 g/mol. The first kappa shape index (κ1) is 13.8. The van der Waals surface area contributed by atoms with Gasteiger partial charge in [0.15, 0.2) is 0 Å². The number of urea groups is 1. The number of amides is 2. The van der Waals surface area contributed by atoms with E-state index in [-0.39, 0.29) is 12.4 Å². The van der Waals surface area contributed by atoms with E-state index < -0.39 is 6.03 Å². The molecular weight excluding hydrogens is 261 g/mol. The van der Waals surface area contributed by atoms with Gasteiger partial charge in [-0.3, -0.25) is 10.3 Å². The molecule has 0 saturated carbocycles. The lowest BCUT2D eigenvalue weighted by Gasteiger charge is -2.09. The van der Waals surface area contributed by atoms with Gasteiger partial charge in [-0.05, 0) is 29.8 Å². The highest BCUT2D eigenvalue weighted by molar-refractivity contribution is 5.74. The molecule has 0 aliphatic heterocycles. The standard InChI is InChI=1S/C14H14FN3O2/c15-12-6-8-13(9-7-12)16-17-14(19)18-20-10-11-4-2-1-3-5-11/h1-9,16H,10H2,(H2,17,18,19). The molecule has 0 bridgehead atoms. The summed E-state index contributed by atoms with van der Waals surface area (Å²) < 4.78 is 12.7. The van der Waals surface area contributed by atoms with E-state index in [2.05, 4.69) is 16.3 Å². The average Bonchev–Trinajstić information content (AvgIpc) is 2.48. The quantitative estimate of drug-likeness (QED) is 0.735. The maximum absolute atomic E-state index is 12.7. The Morgan fingerprint density at radius 1 is 1.05 bits per heavy atom. The van der Waals surface area contributed by atoms with Gasteiger partial charge in [-0.25, -0.2) is 20.1 Å². The first-order valence-corrected chi connectivity index (χ1v) is 5.97. The van der Waals surface area contributed by atoms with Gasteiger partial charge in [-0.2, -0.15) is 0 Å². The summed E-state index contributed by atoms with van der Waals surface area (Å²) in [5.74, 6) is -0.341. The van der Waals surface area contributed by atoms with Gasteiger partial charge in [-0.15, -0.1) is 0 Å². The third-order valence-corrected chi connectivity index (χ3v) is 2.41. The Morgan fingerprint density at radius 2 is 1.75 bits per heavy atom. The Hall–Kier alpha value is -2.60. The van der Waals surface area contributed by atoms with Crippen LogP contribution in [0.5, 0.6) is 0 Å². The van der Waals surface area contributed by atoms with E-state index in [4.69, 9.17) is 4.84 Å². The summed E-state index contributed by atoms with van der Waals surface area (Å²) in [6, 6.07) is 14.5. The van der Waals surface area contributed by atoms with Crippen LogP contribution in [0.25, 0.3) is 0 Å². The largest absolute Gasteiger partial charge is 0.357 e. The molecule has 0 aliphatic carbocycles. The Labute approximate surface area is 115 Å². The van der Waals surface area contributed by atoms with E-state index in [1.807, 2.05) is 30.3 Å². The van der Waals surface area contributed by atoms with Gasteiger partial charge >= 0.3 is 6.03 Å². The Bertz CT molecular complexity index is 546. The second-order valence-corrected chi connectivity index (χ2v) is 3.96. The zero-order valence-electron chi connectivity index (χ0n) is 10.6. The number of hydrogen-bond donors (Lipinski definition) is 3. The molecule has 0 atom stereocenters.